The van der Waals surface area contributed by atoms with Crippen LogP contribution in [0.25, 0.3) is 0 Å². The van der Waals surface area contributed by atoms with E-state index in [-0.39, 0.29) is 6.04 Å². The van der Waals surface area contributed by atoms with Crippen molar-refractivity contribution in [3.05, 3.63) is 0 Å². The van der Waals surface area contributed by atoms with E-state index < -0.39 is 24.4 Å². The maximum Gasteiger partial charge on any atom is 0.110 e. The number of hydrogen-bond donors (Lipinski definition) is 4. The molecule has 1 fully saturated rings. The van der Waals surface area contributed by atoms with Crippen molar-refractivity contribution in [3.63, 3.8) is 0 Å². The summed E-state index contributed by atoms with van der Waals surface area (Å²) in [4.78, 5) is 1.98. The maximum absolute atomic E-state index is 9.80. The third kappa shape index (κ3) is 2.49. The van der Waals surface area contributed by atoms with Gasteiger partial charge in [-0.25, -0.2) is 0 Å². The van der Waals surface area contributed by atoms with Crippen LogP contribution in [0.5, 0.6) is 0 Å². The van der Waals surface area contributed by atoms with E-state index in [1.807, 2.05) is 18.7 Å². The molecule has 0 heterocycles. The second kappa shape index (κ2) is 5.23. The molecule has 0 amide bonds. The Labute approximate surface area is 90.0 Å². The van der Waals surface area contributed by atoms with E-state index in [1.165, 1.54) is 0 Å². The van der Waals surface area contributed by atoms with Crippen molar-refractivity contribution in [1.29, 1.82) is 0 Å². The predicted octanol–water partition coefficient (Wildman–Crippen LogP) is -1.46. The summed E-state index contributed by atoms with van der Waals surface area (Å²) in [5, 5.41) is 38.2. The fraction of sp³-hybridized carbons (Fsp3) is 1.00. The van der Waals surface area contributed by atoms with E-state index in [0.717, 1.165) is 13.1 Å². The van der Waals surface area contributed by atoms with E-state index in [0.29, 0.717) is 6.42 Å². The van der Waals surface area contributed by atoms with Crippen molar-refractivity contribution in [3.8, 4) is 0 Å². The highest BCUT2D eigenvalue weighted by atomic mass is 16.4. The predicted molar refractivity (Wildman–Crippen MR) is 55.4 cm³/mol. The fourth-order valence-corrected chi connectivity index (χ4v) is 2.24. The molecule has 1 aliphatic carbocycles. The summed E-state index contributed by atoms with van der Waals surface area (Å²) >= 11 is 0. The van der Waals surface area contributed by atoms with Crippen LogP contribution in [0.4, 0.5) is 0 Å². The first-order chi connectivity index (χ1) is 7.02. The molecule has 0 saturated heterocycles. The highest BCUT2D eigenvalue weighted by Gasteiger charge is 2.43. The zero-order valence-corrected chi connectivity index (χ0v) is 9.24. The van der Waals surface area contributed by atoms with Crippen LogP contribution in [0.2, 0.25) is 0 Å². The van der Waals surface area contributed by atoms with Gasteiger partial charge in [0.05, 0.1) is 12.2 Å². The van der Waals surface area contributed by atoms with Crippen molar-refractivity contribution in [2.75, 3.05) is 13.1 Å². The van der Waals surface area contributed by atoms with Gasteiger partial charge in [-0.1, -0.05) is 13.8 Å². The Morgan fingerprint density at radius 2 is 1.47 bits per heavy atom. The summed E-state index contributed by atoms with van der Waals surface area (Å²) in [5.74, 6) is 0. The van der Waals surface area contributed by atoms with E-state index in [1.54, 1.807) is 0 Å². The molecule has 1 saturated carbocycles. The third-order valence-electron chi connectivity index (χ3n) is 3.25. The molecule has 0 spiro atoms. The Hall–Kier alpha value is -0.200. The second-order valence-corrected chi connectivity index (χ2v) is 4.06. The van der Waals surface area contributed by atoms with Gasteiger partial charge in [-0.2, -0.15) is 0 Å². The van der Waals surface area contributed by atoms with Crippen molar-refractivity contribution in [1.82, 2.24) is 4.90 Å². The minimum atomic E-state index is -1.26. The smallest absolute Gasteiger partial charge is 0.110 e. The third-order valence-corrected chi connectivity index (χ3v) is 3.25. The Kier molecular flexibility index (Phi) is 4.48. The highest BCUT2D eigenvalue weighted by Crippen LogP contribution is 2.24. The molecule has 4 N–H and O–H groups in total. The summed E-state index contributed by atoms with van der Waals surface area (Å²) in [7, 11) is 0. The Morgan fingerprint density at radius 1 is 0.933 bits per heavy atom. The molecule has 15 heavy (non-hydrogen) atoms. The standard InChI is InChI=1S/C10H21NO4/c1-3-11(4-2)6-5-7(12)9(14)10(15)8(6)13/h6-10,12-15H,3-5H2,1-2H3/t6-,7-,8+,9+,10+/m1/s1. The van der Waals surface area contributed by atoms with Crippen LogP contribution in [0.1, 0.15) is 20.3 Å². The van der Waals surface area contributed by atoms with Gasteiger partial charge in [-0.3, -0.25) is 4.90 Å². The molecule has 5 heteroatoms. The minimum Gasteiger partial charge on any atom is -0.390 e. The zero-order valence-electron chi connectivity index (χ0n) is 9.24. The highest BCUT2D eigenvalue weighted by molar-refractivity contribution is 4.96. The van der Waals surface area contributed by atoms with Crippen LogP contribution < -0.4 is 0 Å². The van der Waals surface area contributed by atoms with Crippen LogP contribution in [-0.4, -0.2) is 68.9 Å². The minimum absolute atomic E-state index is 0.284. The molecule has 1 aliphatic rings. The molecule has 0 aliphatic heterocycles. The van der Waals surface area contributed by atoms with Crippen molar-refractivity contribution >= 4 is 0 Å². The summed E-state index contributed by atoms with van der Waals surface area (Å²) in [6.07, 6.45) is -4.18. The summed E-state index contributed by atoms with van der Waals surface area (Å²) in [6.45, 7) is 5.40. The average Bonchev–Trinajstić information content (AvgIpc) is 2.24. The monoisotopic (exact) mass is 219 g/mol. The van der Waals surface area contributed by atoms with Crippen LogP contribution >= 0.6 is 0 Å². The van der Waals surface area contributed by atoms with Crippen LogP contribution in [0.3, 0.4) is 0 Å². The zero-order chi connectivity index (χ0) is 11.6. The van der Waals surface area contributed by atoms with Crippen molar-refractivity contribution in [2.45, 2.75) is 50.7 Å². The number of hydrogen-bond acceptors (Lipinski definition) is 5. The van der Waals surface area contributed by atoms with Gasteiger partial charge in [0, 0.05) is 6.04 Å². The molecule has 5 atom stereocenters. The summed E-state index contributed by atoms with van der Waals surface area (Å²) in [5.41, 5.74) is 0. The average molecular weight is 219 g/mol. The Bertz CT molecular complexity index is 198. The first-order valence-corrected chi connectivity index (χ1v) is 5.49. The second-order valence-electron chi connectivity index (χ2n) is 4.06. The molecule has 0 radical (unpaired) electrons. The van der Waals surface area contributed by atoms with Crippen LogP contribution in [0, 0.1) is 0 Å². The number of rotatable bonds is 3. The van der Waals surface area contributed by atoms with E-state index in [4.69, 9.17) is 0 Å². The molecule has 0 aromatic rings. The lowest BCUT2D eigenvalue weighted by Gasteiger charge is -2.43. The summed E-state index contributed by atoms with van der Waals surface area (Å²) in [6, 6.07) is -0.284. The molecule has 0 aromatic carbocycles. The van der Waals surface area contributed by atoms with Crippen LogP contribution in [-0.2, 0) is 0 Å². The number of aliphatic hydroxyl groups excluding tert-OH is 4. The molecular formula is C10H21NO4. The molecule has 5 nitrogen and oxygen atoms in total. The van der Waals surface area contributed by atoms with Gasteiger partial charge in [-0.15, -0.1) is 0 Å². The SMILES string of the molecule is CCN(CC)[C@@H]1C[C@@H](O)[C@H](O)[C@@H](O)[C@H]1O. The van der Waals surface area contributed by atoms with Gasteiger partial charge in [0.25, 0.3) is 0 Å². The van der Waals surface area contributed by atoms with E-state index >= 15 is 0 Å². The molecule has 0 unspecified atom stereocenters. The number of aliphatic hydroxyl groups is 4. The maximum atomic E-state index is 9.80. The normalized spacial score (nSPS) is 42.2. The molecule has 1 rings (SSSR count). The lowest BCUT2D eigenvalue weighted by atomic mass is 9.84. The van der Waals surface area contributed by atoms with Gasteiger partial charge >= 0.3 is 0 Å². The lowest BCUT2D eigenvalue weighted by Crippen LogP contribution is -2.60. The molecule has 90 valence electrons. The van der Waals surface area contributed by atoms with E-state index in [2.05, 4.69) is 0 Å². The fourth-order valence-electron chi connectivity index (χ4n) is 2.24. The lowest BCUT2D eigenvalue weighted by molar-refractivity contribution is -0.163. The molecule has 0 bridgehead atoms. The van der Waals surface area contributed by atoms with Gasteiger partial charge in [0.1, 0.15) is 12.2 Å². The van der Waals surface area contributed by atoms with E-state index in [9.17, 15) is 20.4 Å². The number of likely N-dealkylation sites (N-methyl/N-ethyl adjacent to an activating group) is 1. The van der Waals surface area contributed by atoms with Gasteiger partial charge in [-0.05, 0) is 19.5 Å². The number of nitrogens with zero attached hydrogens (tertiary/aromatic N) is 1. The van der Waals surface area contributed by atoms with Crippen LogP contribution in [0.15, 0.2) is 0 Å². The quantitative estimate of drug-likeness (QED) is 0.466. The first kappa shape index (κ1) is 12.9. The first-order valence-electron chi connectivity index (χ1n) is 5.49. The molecule has 0 aromatic heterocycles. The van der Waals surface area contributed by atoms with Gasteiger partial charge in [0.15, 0.2) is 0 Å². The Morgan fingerprint density at radius 3 is 1.93 bits per heavy atom. The van der Waals surface area contributed by atoms with Crippen molar-refractivity contribution in [2.24, 2.45) is 0 Å². The summed E-state index contributed by atoms with van der Waals surface area (Å²) < 4.78 is 0. The Balaban J connectivity index is 2.73. The van der Waals surface area contributed by atoms with Crippen molar-refractivity contribution < 1.29 is 20.4 Å². The van der Waals surface area contributed by atoms with Gasteiger partial charge < -0.3 is 20.4 Å². The molecular weight excluding hydrogens is 198 g/mol. The van der Waals surface area contributed by atoms with Gasteiger partial charge in [0.2, 0.25) is 0 Å². The topological polar surface area (TPSA) is 84.2 Å². The largest absolute Gasteiger partial charge is 0.390 e.